The van der Waals surface area contributed by atoms with Gasteiger partial charge in [-0.15, -0.1) is 0 Å². The summed E-state index contributed by atoms with van der Waals surface area (Å²) in [6.07, 6.45) is -1.72. The van der Waals surface area contributed by atoms with E-state index in [1.807, 2.05) is 115 Å². The van der Waals surface area contributed by atoms with Crippen LogP contribution in [0.4, 0.5) is 13.2 Å². The highest BCUT2D eigenvalue weighted by Gasteiger charge is 2.30. The van der Waals surface area contributed by atoms with E-state index >= 15 is 0 Å². The topological polar surface area (TPSA) is 142 Å². The molecule has 0 saturated carbocycles. The summed E-state index contributed by atoms with van der Waals surface area (Å²) in [6, 6.07) is 47.9. The van der Waals surface area contributed by atoms with Gasteiger partial charge in [-0.25, -0.2) is 0 Å². The summed E-state index contributed by atoms with van der Waals surface area (Å²) in [7, 11) is 12.7. The van der Waals surface area contributed by atoms with Crippen LogP contribution in [-0.2, 0) is 58.7 Å². The quantitative estimate of drug-likeness (QED) is 0.0421. The lowest BCUT2D eigenvalue weighted by Gasteiger charge is -2.16. The van der Waals surface area contributed by atoms with Gasteiger partial charge in [0.1, 0.15) is 120 Å². The standard InChI is InChI=1S/C70H68F3NO14/c1-75-55-19-47(20-56(32-55)76-2)39-85-65-27-51(28-66(37-65)86-40-48-21-57(77-3)33-58(22-48)78-4)43-83-63-17-46(10-9-45-15-16-74-69(31-45)53-11-13-54(14-12-53)70(71,72)73)18-64(36-63)84-44-52-29-67(87-41-49-23-59(79-5)34-60(24-49)80-6)38-68(30-52)88-42-50-25-61(81-7)35-62(26-50)82-8/h11-38H,9-10,39-44H2,1-8H3. The van der Waals surface area contributed by atoms with Crippen LogP contribution in [0.1, 0.15) is 50.1 Å². The number of methoxy groups -OCH3 is 8. The highest BCUT2D eigenvalue weighted by Crippen LogP contribution is 2.35. The Morgan fingerprint density at radius 3 is 0.773 bits per heavy atom. The molecule has 0 amide bonds. The molecule has 18 heteroatoms. The van der Waals surface area contributed by atoms with Crippen LogP contribution in [0.2, 0.25) is 0 Å². The van der Waals surface area contributed by atoms with Crippen molar-refractivity contribution in [2.45, 2.75) is 58.7 Å². The van der Waals surface area contributed by atoms with Crippen molar-refractivity contribution in [1.82, 2.24) is 4.98 Å². The SMILES string of the molecule is COc1cc(COc2cc(COc3cc(CCc4ccnc(-c5ccc(C(F)(F)F)cc5)c4)cc(OCc4cc(OCc5cc(OC)cc(OC)c5)cc(OCc5cc(OC)cc(OC)c5)c4)c3)cc(OCc3cc(OC)cc(OC)c3)c2)cc(OC)c1. The minimum absolute atomic E-state index is 0.0929. The first-order valence-electron chi connectivity index (χ1n) is 27.9. The van der Waals surface area contributed by atoms with E-state index in [2.05, 4.69) is 4.98 Å². The van der Waals surface area contributed by atoms with Gasteiger partial charge in [-0.2, -0.15) is 13.2 Å². The van der Waals surface area contributed by atoms with Crippen LogP contribution in [0.5, 0.6) is 80.5 Å². The van der Waals surface area contributed by atoms with Crippen LogP contribution in [0, 0.1) is 0 Å². The maximum Gasteiger partial charge on any atom is 0.416 e. The van der Waals surface area contributed by atoms with E-state index in [-0.39, 0.29) is 39.6 Å². The predicted molar refractivity (Wildman–Crippen MR) is 326 cm³/mol. The maximum absolute atomic E-state index is 13.4. The summed E-state index contributed by atoms with van der Waals surface area (Å²) >= 11 is 0. The fraction of sp³-hybridized carbons (Fsp3) is 0.243. The van der Waals surface area contributed by atoms with E-state index in [1.165, 1.54) is 12.1 Å². The predicted octanol–water partition coefficient (Wildman–Crippen LogP) is 15.1. The van der Waals surface area contributed by atoms with E-state index in [0.29, 0.717) is 105 Å². The Hall–Kier alpha value is -10.1. The Kier molecular flexibility index (Phi) is 21.2. The Morgan fingerprint density at radius 1 is 0.273 bits per heavy atom. The molecule has 1 aromatic heterocycles. The number of pyridine rings is 1. The minimum atomic E-state index is -4.46. The minimum Gasteiger partial charge on any atom is -0.497 e. The van der Waals surface area contributed by atoms with Crippen molar-refractivity contribution in [3.8, 4) is 91.8 Å². The van der Waals surface area contributed by atoms with Gasteiger partial charge in [0.15, 0.2) is 0 Å². The van der Waals surface area contributed by atoms with Crippen molar-refractivity contribution < 1.29 is 79.5 Å². The summed E-state index contributed by atoms with van der Waals surface area (Å²) < 4.78 is 124. The molecule has 0 saturated heterocycles. The normalized spacial score (nSPS) is 11.0. The number of alkyl halides is 3. The molecule has 0 unspecified atom stereocenters. The number of ether oxygens (including phenoxy) is 14. The Morgan fingerprint density at radius 2 is 0.511 bits per heavy atom. The second kappa shape index (κ2) is 29.8. The summed E-state index contributed by atoms with van der Waals surface area (Å²) in [6.45, 7) is 0.940. The summed E-state index contributed by atoms with van der Waals surface area (Å²) in [4.78, 5) is 4.48. The average Bonchev–Trinajstić information content (AvgIpc) is 3.76. The highest BCUT2D eigenvalue weighted by atomic mass is 19.4. The van der Waals surface area contributed by atoms with Gasteiger partial charge in [0.2, 0.25) is 0 Å². The van der Waals surface area contributed by atoms with Crippen molar-refractivity contribution in [2.24, 2.45) is 0 Å². The molecule has 0 aliphatic rings. The summed E-state index contributed by atoms with van der Waals surface area (Å²) in [5.41, 5.74) is 6.95. The molecular weight excluding hydrogens is 1140 g/mol. The number of hydrogen-bond donors (Lipinski definition) is 0. The van der Waals surface area contributed by atoms with E-state index in [9.17, 15) is 13.2 Å². The fourth-order valence-corrected chi connectivity index (χ4v) is 9.41. The van der Waals surface area contributed by atoms with Gasteiger partial charge >= 0.3 is 6.18 Å². The molecule has 9 aromatic rings. The lowest BCUT2D eigenvalue weighted by atomic mass is 10.0. The lowest BCUT2D eigenvalue weighted by Crippen LogP contribution is -2.04. The van der Waals surface area contributed by atoms with E-state index in [4.69, 9.17) is 66.3 Å². The third kappa shape index (κ3) is 17.7. The van der Waals surface area contributed by atoms with Crippen LogP contribution in [0.15, 0.2) is 170 Å². The van der Waals surface area contributed by atoms with Crippen molar-refractivity contribution in [3.05, 3.63) is 220 Å². The van der Waals surface area contributed by atoms with Crippen molar-refractivity contribution in [3.63, 3.8) is 0 Å². The van der Waals surface area contributed by atoms with Crippen molar-refractivity contribution in [1.29, 1.82) is 0 Å². The second-order valence-electron chi connectivity index (χ2n) is 20.2. The molecule has 1 heterocycles. The Labute approximate surface area is 509 Å². The molecule has 0 atom stereocenters. The number of aromatic nitrogens is 1. The zero-order valence-electron chi connectivity index (χ0n) is 50.1. The second-order valence-corrected chi connectivity index (χ2v) is 20.2. The number of nitrogens with zero attached hydrogens (tertiary/aromatic N) is 1. The molecule has 458 valence electrons. The Bertz CT molecular complexity index is 3350. The van der Waals surface area contributed by atoms with Gasteiger partial charge in [0, 0.05) is 54.2 Å². The number of aryl methyl sites for hydroxylation is 2. The molecule has 88 heavy (non-hydrogen) atoms. The first-order chi connectivity index (χ1) is 42.7. The molecule has 15 nitrogen and oxygen atoms in total. The van der Waals surface area contributed by atoms with Gasteiger partial charge < -0.3 is 66.3 Å². The van der Waals surface area contributed by atoms with Crippen LogP contribution in [-0.4, -0.2) is 61.9 Å². The molecule has 0 aliphatic carbocycles. The largest absolute Gasteiger partial charge is 0.497 e. The summed E-state index contributed by atoms with van der Waals surface area (Å²) in [5.74, 6) is 8.09. The van der Waals surface area contributed by atoms with E-state index in [1.54, 1.807) is 87.3 Å². The van der Waals surface area contributed by atoms with Gasteiger partial charge in [-0.3, -0.25) is 4.98 Å². The molecule has 8 aromatic carbocycles. The van der Waals surface area contributed by atoms with Gasteiger partial charge in [-0.1, -0.05) is 12.1 Å². The zero-order valence-corrected chi connectivity index (χ0v) is 50.1. The lowest BCUT2D eigenvalue weighted by molar-refractivity contribution is -0.137. The average molecular weight is 1200 g/mol. The van der Waals surface area contributed by atoms with Gasteiger partial charge in [-0.05, 0) is 167 Å². The number of benzene rings is 8. The van der Waals surface area contributed by atoms with Crippen molar-refractivity contribution >= 4 is 0 Å². The molecule has 0 bridgehead atoms. The Balaban J connectivity index is 1.01. The molecular formula is C70H68F3NO14. The smallest absolute Gasteiger partial charge is 0.416 e. The molecule has 0 N–H and O–H groups in total. The van der Waals surface area contributed by atoms with Crippen molar-refractivity contribution in [2.75, 3.05) is 56.9 Å². The first kappa shape index (κ1) is 62.4. The van der Waals surface area contributed by atoms with Crippen LogP contribution in [0.3, 0.4) is 0 Å². The monoisotopic (exact) mass is 1200 g/mol. The fourth-order valence-electron chi connectivity index (χ4n) is 9.41. The maximum atomic E-state index is 13.4. The third-order valence-corrected chi connectivity index (χ3v) is 13.9. The van der Waals surface area contributed by atoms with E-state index in [0.717, 1.165) is 56.6 Å². The van der Waals surface area contributed by atoms with Crippen LogP contribution in [0.25, 0.3) is 11.3 Å². The van der Waals surface area contributed by atoms with Gasteiger partial charge in [0.25, 0.3) is 0 Å². The molecule has 0 aliphatic heterocycles. The molecule has 0 fully saturated rings. The molecule has 0 radical (unpaired) electrons. The first-order valence-corrected chi connectivity index (χ1v) is 27.9. The third-order valence-electron chi connectivity index (χ3n) is 13.9. The number of hydrogen-bond acceptors (Lipinski definition) is 15. The zero-order chi connectivity index (χ0) is 62.0. The number of rotatable bonds is 30. The van der Waals surface area contributed by atoms with E-state index < -0.39 is 11.7 Å². The molecule has 9 rings (SSSR count). The highest BCUT2D eigenvalue weighted by molar-refractivity contribution is 5.60. The van der Waals surface area contributed by atoms with Crippen LogP contribution >= 0.6 is 0 Å². The van der Waals surface area contributed by atoms with Gasteiger partial charge in [0.05, 0.1) is 68.1 Å². The molecule has 0 spiro atoms. The summed E-state index contributed by atoms with van der Waals surface area (Å²) in [5, 5.41) is 0. The number of halogens is 3. The van der Waals surface area contributed by atoms with Crippen LogP contribution < -0.4 is 66.3 Å².